The van der Waals surface area contributed by atoms with Crippen LogP contribution in [0.2, 0.25) is 0 Å². The van der Waals surface area contributed by atoms with Gasteiger partial charge >= 0.3 is 0 Å². The molecule has 4 rings (SSSR count). The molecule has 130 valence electrons. The zero-order chi connectivity index (χ0) is 18.1. The molecule has 1 N–H and O–H groups in total. The summed E-state index contributed by atoms with van der Waals surface area (Å²) >= 11 is 0. The minimum Gasteiger partial charge on any atom is -0.512 e. The lowest BCUT2D eigenvalue weighted by Crippen LogP contribution is -2.18. The molecule has 2 heteroatoms. The smallest absolute Gasteiger partial charge is 0.160 e. The van der Waals surface area contributed by atoms with E-state index < -0.39 is 0 Å². The molecule has 1 unspecified atom stereocenters. The van der Waals surface area contributed by atoms with E-state index in [4.69, 9.17) is 0 Å². The average Bonchev–Trinajstić information content (AvgIpc) is 3.04. The van der Waals surface area contributed by atoms with Crippen LogP contribution in [0.5, 0.6) is 0 Å². The molecule has 0 spiro atoms. The van der Waals surface area contributed by atoms with Gasteiger partial charge in [0, 0.05) is 17.9 Å². The number of aliphatic hydroxyl groups is 1. The van der Waals surface area contributed by atoms with Crippen LogP contribution >= 0.6 is 0 Å². The van der Waals surface area contributed by atoms with E-state index in [1.807, 2.05) is 36.4 Å². The van der Waals surface area contributed by atoms with E-state index in [1.54, 1.807) is 6.92 Å². The number of Topliss-reactive ketones (excluding diaryl/α,β-unsaturated/α-hetero) is 1. The topological polar surface area (TPSA) is 37.3 Å². The van der Waals surface area contributed by atoms with Crippen molar-refractivity contribution in [3.63, 3.8) is 0 Å². The number of hydrogen-bond acceptors (Lipinski definition) is 2. The molecule has 26 heavy (non-hydrogen) atoms. The zero-order valence-electron chi connectivity index (χ0n) is 14.9. The standard InChI is InChI=1S/C24H22O2/c1-16(25)23-22(26)15-21-19(14-17-8-4-2-5-9-17)12-13-20(21)24(23)18-10-6-3-7-11-18/h2-11,14,24,26H,12-13,15H2,1H3. The highest BCUT2D eigenvalue weighted by atomic mass is 16.3. The van der Waals surface area contributed by atoms with E-state index in [2.05, 4.69) is 30.3 Å². The van der Waals surface area contributed by atoms with Crippen LogP contribution in [0.4, 0.5) is 0 Å². The van der Waals surface area contributed by atoms with Gasteiger partial charge in [-0.15, -0.1) is 0 Å². The first-order valence-electron chi connectivity index (χ1n) is 9.11. The molecule has 0 bridgehead atoms. The fourth-order valence-corrected chi connectivity index (χ4v) is 4.26. The number of rotatable bonds is 3. The van der Waals surface area contributed by atoms with Crippen molar-refractivity contribution in [2.75, 3.05) is 0 Å². The second kappa shape index (κ2) is 6.80. The summed E-state index contributed by atoms with van der Waals surface area (Å²) < 4.78 is 0. The number of carbonyl (C=O) groups excluding carboxylic acids is 1. The van der Waals surface area contributed by atoms with Gasteiger partial charge in [0.15, 0.2) is 5.78 Å². The van der Waals surface area contributed by atoms with Crippen LogP contribution in [0.1, 0.15) is 43.2 Å². The lowest BCUT2D eigenvalue weighted by atomic mass is 9.76. The van der Waals surface area contributed by atoms with E-state index in [0.29, 0.717) is 12.0 Å². The number of hydrogen-bond donors (Lipinski definition) is 1. The maximum Gasteiger partial charge on any atom is 0.160 e. The van der Waals surface area contributed by atoms with Gasteiger partial charge in [0.2, 0.25) is 0 Å². The van der Waals surface area contributed by atoms with Gasteiger partial charge in [0.05, 0.1) is 0 Å². The van der Waals surface area contributed by atoms with Crippen LogP contribution in [0.25, 0.3) is 6.08 Å². The van der Waals surface area contributed by atoms with E-state index in [9.17, 15) is 9.90 Å². The van der Waals surface area contributed by atoms with Gasteiger partial charge in [-0.25, -0.2) is 0 Å². The van der Waals surface area contributed by atoms with E-state index in [1.165, 1.54) is 22.3 Å². The lowest BCUT2D eigenvalue weighted by Gasteiger charge is -2.28. The third kappa shape index (κ3) is 2.92. The van der Waals surface area contributed by atoms with Gasteiger partial charge in [0.1, 0.15) is 5.76 Å². The van der Waals surface area contributed by atoms with E-state index in [0.717, 1.165) is 18.4 Å². The first kappa shape index (κ1) is 16.6. The van der Waals surface area contributed by atoms with E-state index >= 15 is 0 Å². The van der Waals surface area contributed by atoms with Gasteiger partial charge in [-0.05, 0) is 42.0 Å². The van der Waals surface area contributed by atoms with Crippen molar-refractivity contribution in [1.29, 1.82) is 0 Å². The number of allylic oxidation sites excluding steroid dienone is 4. The summed E-state index contributed by atoms with van der Waals surface area (Å²) in [6.07, 6.45) is 4.58. The Kier molecular flexibility index (Phi) is 4.34. The predicted octanol–water partition coefficient (Wildman–Crippen LogP) is 5.75. The molecular weight excluding hydrogens is 320 g/mol. The van der Waals surface area contributed by atoms with Crippen molar-refractivity contribution in [2.24, 2.45) is 0 Å². The van der Waals surface area contributed by atoms with Gasteiger partial charge in [-0.2, -0.15) is 0 Å². The molecular formula is C24H22O2. The third-order valence-electron chi connectivity index (χ3n) is 5.38. The summed E-state index contributed by atoms with van der Waals surface area (Å²) in [5, 5.41) is 10.7. The number of carbonyl (C=O) groups is 1. The Bertz CT molecular complexity index is 931. The van der Waals surface area contributed by atoms with Gasteiger partial charge in [-0.1, -0.05) is 72.3 Å². The Morgan fingerprint density at radius 2 is 1.65 bits per heavy atom. The first-order valence-corrected chi connectivity index (χ1v) is 9.11. The number of ketones is 1. The van der Waals surface area contributed by atoms with Crippen LogP contribution in [-0.4, -0.2) is 10.9 Å². The fraction of sp³-hybridized carbons (Fsp3) is 0.208. The third-order valence-corrected chi connectivity index (χ3v) is 5.38. The van der Waals surface area contributed by atoms with Crippen LogP contribution in [0, 0.1) is 0 Å². The molecule has 2 nitrogen and oxygen atoms in total. The molecule has 2 aromatic carbocycles. The monoisotopic (exact) mass is 342 g/mol. The fourth-order valence-electron chi connectivity index (χ4n) is 4.26. The molecule has 2 aliphatic carbocycles. The molecule has 0 aromatic heterocycles. The molecule has 1 atom stereocenters. The van der Waals surface area contributed by atoms with Gasteiger partial charge in [0.25, 0.3) is 0 Å². The van der Waals surface area contributed by atoms with Gasteiger partial charge < -0.3 is 5.11 Å². The van der Waals surface area contributed by atoms with Crippen molar-refractivity contribution in [2.45, 2.75) is 32.1 Å². The SMILES string of the molecule is CC(=O)C1=C(O)CC2=C(CCC2=Cc2ccccc2)C1c1ccccc1. The molecule has 0 fully saturated rings. The Morgan fingerprint density at radius 3 is 2.31 bits per heavy atom. The first-order chi connectivity index (χ1) is 12.6. The van der Waals surface area contributed by atoms with Crippen LogP contribution < -0.4 is 0 Å². The molecule has 2 aliphatic rings. The highest BCUT2D eigenvalue weighted by Crippen LogP contribution is 2.50. The summed E-state index contributed by atoms with van der Waals surface area (Å²) in [6, 6.07) is 20.4. The molecule has 2 aromatic rings. The van der Waals surface area contributed by atoms with Crippen molar-refractivity contribution in [1.82, 2.24) is 0 Å². The molecule has 0 saturated carbocycles. The zero-order valence-corrected chi connectivity index (χ0v) is 14.9. The predicted molar refractivity (Wildman–Crippen MR) is 105 cm³/mol. The highest BCUT2D eigenvalue weighted by Gasteiger charge is 2.36. The Balaban J connectivity index is 1.82. The summed E-state index contributed by atoms with van der Waals surface area (Å²) in [7, 11) is 0. The molecule has 0 aliphatic heterocycles. The normalized spacial score (nSPS) is 21.3. The summed E-state index contributed by atoms with van der Waals surface area (Å²) in [6.45, 7) is 1.56. The van der Waals surface area contributed by atoms with Crippen LogP contribution in [0.3, 0.4) is 0 Å². The highest BCUT2D eigenvalue weighted by molar-refractivity contribution is 5.97. The van der Waals surface area contributed by atoms with Crippen molar-refractivity contribution in [3.05, 3.63) is 99.8 Å². The number of benzene rings is 2. The largest absolute Gasteiger partial charge is 0.512 e. The Labute approximate surface area is 154 Å². The summed E-state index contributed by atoms with van der Waals surface area (Å²) in [5.74, 6) is 0.0634. The maximum absolute atomic E-state index is 12.3. The average molecular weight is 342 g/mol. The maximum atomic E-state index is 12.3. The van der Waals surface area contributed by atoms with Gasteiger partial charge in [-0.3, -0.25) is 4.79 Å². The number of aliphatic hydroxyl groups excluding tert-OH is 1. The molecule has 0 heterocycles. The molecule has 0 saturated heterocycles. The second-order valence-electron chi connectivity index (χ2n) is 7.02. The Hall–Kier alpha value is -2.87. The van der Waals surface area contributed by atoms with Crippen LogP contribution in [0.15, 0.2) is 88.7 Å². The lowest BCUT2D eigenvalue weighted by molar-refractivity contribution is -0.114. The Morgan fingerprint density at radius 1 is 1.00 bits per heavy atom. The van der Waals surface area contributed by atoms with Crippen LogP contribution in [-0.2, 0) is 4.79 Å². The summed E-state index contributed by atoms with van der Waals surface area (Å²) in [4.78, 5) is 12.3. The molecule has 0 amide bonds. The van der Waals surface area contributed by atoms with Crippen molar-refractivity contribution in [3.8, 4) is 0 Å². The quantitative estimate of drug-likeness (QED) is 0.771. The van der Waals surface area contributed by atoms with Crippen molar-refractivity contribution < 1.29 is 9.90 Å². The molecule has 0 radical (unpaired) electrons. The minimum atomic E-state index is -0.126. The minimum absolute atomic E-state index is 0.0385. The van der Waals surface area contributed by atoms with Crippen molar-refractivity contribution >= 4 is 11.9 Å². The van der Waals surface area contributed by atoms with E-state index in [-0.39, 0.29) is 17.5 Å². The second-order valence-corrected chi connectivity index (χ2v) is 7.02. The summed E-state index contributed by atoms with van der Waals surface area (Å²) in [5.41, 5.74) is 6.61.